The van der Waals surface area contributed by atoms with Gasteiger partial charge in [-0.2, -0.15) is 0 Å². The SMILES string of the molecule is Cc1nc(C)c(C(=O)NCC2CCN(CC3=CC[C@H]4C[C@@H]3C4(C)C)CC2)o1. The van der Waals surface area contributed by atoms with Gasteiger partial charge in [0, 0.05) is 20.0 Å². The van der Waals surface area contributed by atoms with Crippen molar-refractivity contribution in [3.8, 4) is 0 Å². The van der Waals surface area contributed by atoms with E-state index in [1.165, 1.54) is 12.8 Å². The zero-order valence-corrected chi connectivity index (χ0v) is 17.2. The highest BCUT2D eigenvalue weighted by Crippen LogP contribution is 2.59. The standard InChI is InChI=1S/C22H33N3O2/c1-14-20(27-15(2)24-14)21(26)23-12-16-7-9-25(10-8-16)13-17-5-6-18-11-19(17)22(18,3)4/h5,16,18-19H,6-13H2,1-4H3,(H,23,26)/t18-,19-/m0/s1. The van der Waals surface area contributed by atoms with E-state index >= 15 is 0 Å². The van der Waals surface area contributed by atoms with Crippen LogP contribution in [-0.4, -0.2) is 42.0 Å². The van der Waals surface area contributed by atoms with Crippen LogP contribution in [0.25, 0.3) is 0 Å². The molecule has 0 radical (unpaired) electrons. The van der Waals surface area contributed by atoms with Gasteiger partial charge in [-0.25, -0.2) is 4.98 Å². The van der Waals surface area contributed by atoms with Crippen LogP contribution in [0, 0.1) is 37.0 Å². The number of carbonyl (C=O) groups excluding carboxylic acids is 1. The molecule has 4 aliphatic rings. The number of aromatic nitrogens is 1. The number of nitrogens with zero attached hydrogens (tertiary/aromatic N) is 2. The molecule has 1 N–H and O–H groups in total. The van der Waals surface area contributed by atoms with Gasteiger partial charge in [0.25, 0.3) is 5.91 Å². The van der Waals surface area contributed by atoms with Gasteiger partial charge in [-0.3, -0.25) is 9.69 Å². The second-order valence-electron chi connectivity index (χ2n) is 9.40. The molecule has 5 heteroatoms. The van der Waals surface area contributed by atoms with E-state index in [-0.39, 0.29) is 5.91 Å². The highest BCUT2D eigenvalue weighted by Gasteiger charge is 2.51. The molecule has 1 saturated carbocycles. The van der Waals surface area contributed by atoms with Crippen LogP contribution in [0.15, 0.2) is 16.1 Å². The van der Waals surface area contributed by atoms with Crippen molar-refractivity contribution in [2.75, 3.05) is 26.2 Å². The van der Waals surface area contributed by atoms with E-state index in [1.54, 1.807) is 12.5 Å². The Kier molecular flexibility index (Phi) is 4.91. The van der Waals surface area contributed by atoms with Crippen LogP contribution >= 0.6 is 0 Å². The van der Waals surface area contributed by atoms with Gasteiger partial charge in [-0.15, -0.1) is 0 Å². The number of rotatable bonds is 5. The fourth-order valence-corrected chi connectivity index (χ4v) is 5.32. The predicted molar refractivity (Wildman–Crippen MR) is 106 cm³/mol. The van der Waals surface area contributed by atoms with Gasteiger partial charge in [0.1, 0.15) is 0 Å². The molecule has 2 atom stereocenters. The van der Waals surface area contributed by atoms with Crippen molar-refractivity contribution in [3.63, 3.8) is 0 Å². The molecule has 0 spiro atoms. The molecule has 2 fully saturated rings. The zero-order valence-electron chi connectivity index (χ0n) is 17.2. The maximum Gasteiger partial charge on any atom is 0.289 e. The van der Waals surface area contributed by atoms with Crippen LogP contribution in [0.5, 0.6) is 0 Å². The molecule has 5 rings (SSSR count). The number of fused-ring (bicyclic) bond motifs is 1. The molecule has 0 unspecified atom stereocenters. The minimum absolute atomic E-state index is 0.135. The maximum absolute atomic E-state index is 12.3. The van der Waals surface area contributed by atoms with Crippen molar-refractivity contribution in [2.24, 2.45) is 23.2 Å². The van der Waals surface area contributed by atoms with Crippen LogP contribution in [-0.2, 0) is 0 Å². The van der Waals surface area contributed by atoms with Gasteiger partial charge in [0.2, 0.25) is 5.76 Å². The summed E-state index contributed by atoms with van der Waals surface area (Å²) in [6, 6.07) is 0. The average molecular weight is 372 g/mol. The molecule has 0 aromatic carbocycles. The normalized spacial score (nSPS) is 27.8. The van der Waals surface area contributed by atoms with Gasteiger partial charge in [-0.1, -0.05) is 25.5 Å². The lowest BCUT2D eigenvalue weighted by Crippen LogP contribution is -2.50. The average Bonchev–Trinajstić information content (AvgIpc) is 2.99. The van der Waals surface area contributed by atoms with Crippen LogP contribution in [0.4, 0.5) is 0 Å². The summed E-state index contributed by atoms with van der Waals surface area (Å²) >= 11 is 0. The first kappa shape index (κ1) is 18.7. The number of oxazole rings is 1. The maximum atomic E-state index is 12.3. The lowest BCUT2D eigenvalue weighted by atomic mass is 9.49. The summed E-state index contributed by atoms with van der Waals surface area (Å²) in [6.45, 7) is 12.6. The molecule has 1 amide bonds. The van der Waals surface area contributed by atoms with Crippen LogP contribution in [0.3, 0.4) is 0 Å². The third kappa shape index (κ3) is 3.58. The molecule has 27 heavy (non-hydrogen) atoms. The third-order valence-corrected chi connectivity index (χ3v) is 7.36. The number of amides is 1. The third-order valence-electron chi connectivity index (χ3n) is 7.36. The van der Waals surface area contributed by atoms with E-state index in [2.05, 4.69) is 35.1 Å². The Labute approximate surface area is 162 Å². The van der Waals surface area contributed by atoms with Crippen LogP contribution < -0.4 is 5.32 Å². The molecule has 1 saturated heterocycles. The molecular weight excluding hydrogens is 338 g/mol. The Morgan fingerprint density at radius 1 is 1.33 bits per heavy atom. The second kappa shape index (κ2) is 7.08. The number of nitrogens with one attached hydrogen (secondary N) is 1. The first-order valence-corrected chi connectivity index (χ1v) is 10.5. The molecule has 148 valence electrons. The number of aryl methyl sites for hydroxylation is 2. The number of likely N-dealkylation sites (tertiary alicyclic amines) is 1. The first-order valence-electron chi connectivity index (χ1n) is 10.5. The van der Waals surface area contributed by atoms with E-state index in [4.69, 9.17) is 4.42 Å². The van der Waals surface area contributed by atoms with Crippen LogP contribution in [0.1, 0.15) is 61.7 Å². The van der Waals surface area contributed by atoms with E-state index in [0.29, 0.717) is 28.7 Å². The largest absolute Gasteiger partial charge is 0.436 e. The molecule has 2 bridgehead atoms. The van der Waals surface area contributed by atoms with Gasteiger partial charge < -0.3 is 9.73 Å². The summed E-state index contributed by atoms with van der Waals surface area (Å²) in [5, 5.41) is 3.04. The Bertz CT molecular complexity index is 741. The molecule has 3 aliphatic carbocycles. The topological polar surface area (TPSA) is 58.4 Å². The Balaban J connectivity index is 1.22. The van der Waals surface area contributed by atoms with E-state index < -0.39 is 0 Å². The van der Waals surface area contributed by atoms with Crippen molar-refractivity contribution in [3.05, 3.63) is 29.0 Å². The Hall–Kier alpha value is -1.62. The lowest BCUT2D eigenvalue weighted by molar-refractivity contribution is -0.0115. The number of hydrogen-bond donors (Lipinski definition) is 1. The molecule has 5 nitrogen and oxygen atoms in total. The summed E-state index contributed by atoms with van der Waals surface area (Å²) in [7, 11) is 0. The van der Waals surface area contributed by atoms with Gasteiger partial charge in [0.15, 0.2) is 5.89 Å². The quantitative estimate of drug-likeness (QED) is 0.802. The second-order valence-corrected chi connectivity index (χ2v) is 9.40. The minimum Gasteiger partial charge on any atom is -0.436 e. The molecule has 1 aromatic heterocycles. The first-order chi connectivity index (χ1) is 12.8. The van der Waals surface area contributed by atoms with Crippen molar-refractivity contribution < 1.29 is 9.21 Å². The number of piperidine rings is 1. The monoisotopic (exact) mass is 371 g/mol. The predicted octanol–water partition coefficient (Wildman–Crippen LogP) is 3.73. The number of carbonyl (C=O) groups is 1. The Morgan fingerprint density at radius 3 is 2.67 bits per heavy atom. The van der Waals surface area contributed by atoms with E-state index in [0.717, 1.165) is 50.9 Å². The summed E-state index contributed by atoms with van der Waals surface area (Å²) < 4.78 is 5.41. The highest BCUT2D eigenvalue weighted by molar-refractivity contribution is 5.92. The van der Waals surface area contributed by atoms with E-state index in [1.807, 2.05) is 6.92 Å². The molecule has 1 aliphatic heterocycles. The van der Waals surface area contributed by atoms with Crippen molar-refractivity contribution in [1.29, 1.82) is 0 Å². The van der Waals surface area contributed by atoms with Gasteiger partial charge in [-0.05, 0) is 68.9 Å². The zero-order chi connectivity index (χ0) is 19.2. The van der Waals surface area contributed by atoms with Gasteiger partial charge >= 0.3 is 0 Å². The molecular formula is C22H33N3O2. The van der Waals surface area contributed by atoms with Crippen molar-refractivity contribution in [1.82, 2.24) is 15.2 Å². The van der Waals surface area contributed by atoms with Crippen molar-refractivity contribution >= 4 is 5.91 Å². The smallest absolute Gasteiger partial charge is 0.289 e. The summed E-state index contributed by atoms with van der Waals surface area (Å²) in [5.41, 5.74) is 2.87. The summed E-state index contributed by atoms with van der Waals surface area (Å²) in [6.07, 6.45) is 7.51. The molecule has 2 heterocycles. The minimum atomic E-state index is -0.135. The van der Waals surface area contributed by atoms with E-state index in [9.17, 15) is 4.79 Å². The molecule has 1 aromatic rings. The highest BCUT2D eigenvalue weighted by atomic mass is 16.4. The fraction of sp³-hybridized carbons (Fsp3) is 0.727. The van der Waals surface area contributed by atoms with Crippen LogP contribution in [0.2, 0.25) is 0 Å². The number of hydrogen-bond acceptors (Lipinski definition) is 4. The van der Waals surface area contributed by atoms with Gasteiger partial charge in [0.05, 0.1) is 5.69 Å². The summed E-state index contributed by atoms with van der Waals surface area (Å²) in [4.78, 5) is 19.1. The lowest BCUT2D eigenvalue weighted by Gasteiger charge is -2.57. The number of allylic oxidation sites excluding steroid dienone is 1. The Morgan fingerprint density at radius 2 is 2.07 bits per heavy atom. The fourth-order valence-electron chi connectivity index (χ4n) is 5.32. The summed E-state index contributed by atoms with van der Waals surface area (Å²) in [5.74, 6) is 3.04. The van der Waals surface area contributed by atoms with Crippen molar-refractivity contribution in [2.45, 2.75) is 53.4 Å².